The van der Waals surface area contributed by atoms with Crippen molar-refractivity contribution in [2.75, 3.05) is 5.73 Å². The predicted octanol–water partition coefficient (Wildman–Crippen LogP) is 5.61. The summed E-state index contributed by atoms with van der Waals surface area (Å²) in [7, 11) is 0. The molecule has 5 heterocycles. The van der Waals surface area contributed by atoms with Gasteiger partial charge in [0.15, 0.2) is 11.3 Å². The SMILES string of the molecule is CCC(c1ccc(C(F)(F)F)nc1)n1cc(-c2cc(-c3ccnc(C4(F)CC4)c3)n3nc(N)nc3c2)cn1. The van der Waals surface area contributed by atoms with Crippen LogP contribution in [-0.4, -0.2) is 34.3 Å². The van der Waals surface area contributed by atoms with Crippen molar-refractivity contribution in [3.05, 3.63) is 78.1 Å². The second-order valence-corrected chi connectivity index (χ2v) is 9.37. The minimum absolute atomic E-state index is 0.0957. The van der Waals surface area contributed by atoms with Gasteiger partial charge in [0, 0.05) is 29.7 Å². The summed E-state index contributed by atoms with van der Waals surface area (Å²) < 4.78 is 56.9. The number of hydrogen-bond donors (Lipinski definition) is 1. The van der Waals surface area contributed by atoms with Crippen LogP contribution in [0.15, 0.2) is 61.2 Å². The number of rotatable bonds is 6. The average Bonchev–Trinajstić information content (AvgIpc) is 3.29. The van der Waals surface area contributed by atoms with Gasteiger partial charge in [-0.3, -0.25) is 14.6 Å². The quantitative estimate of drug-likeness (QED) is 0.291. The zero-order valence-electron chi connectivity index (χ0n) is 20.2. The lowest BCUT2D eigenvalue weighted by Crippen LogP contribution is -2.13. The van der Waals surface area contributed by atoms with E-state index in [2.05, 4.69) is 25.1 Å². The first-order valence-electron chi connectivity index (χ1n) is 12.0. The van der Waals surface area contributed by atoms with Crippen molar-refractivity contribution in [2.45, 2.75) is 44.1 Å². The second-order valence-electron chi connectivity index (χ2n) is 9.37. The number of halogens is 4. The Morgan fingerprint density at radius 3 is 2.53 bits per heavy atom. The van der Waals surface area contributed by atoms with Gasteiger partial charge in [-0.05, 0) is 60.7 Å². The highest BCUT2D eigenvalue weighted by atomic mass is 19.4. The minimum Gasteiger partial charge on any atom is -0.366 e. The van der Waals surface area contributed by atoms with Gasteiger partial charge in [-0.25, -0.2) is 8.91 Å². The van der Waals surface area contributed by atoms with Crippen LogP contribution < -0.4 is 5.73 Å². The second kappa shape index (κ2) is 8.61. The number of nitrogen functional groups attached to an aromatic ring is 1. The van der Waals surface area contributed by atoms with E-state index >= 15 is 0 Å². The van der Waals surface area contributed by atoms with Crippen LogP contribution in [0.25, 0.3) is 28.0 Å². The molecule has 0 saturated heterocycles. The monoisotopic (exact) mass is 522 g/mol. The topological polar surface area (TPSA) is 99.8 Å². The molecule has 1 unspecified atom stereocenters. The average molecular weight is 523 g/mol. The molecule has 2 N–H and O–H groups in total. The Kier molecular flexibility index (Phi) is 5.44. The molecule has 0 aliphatic heterocycles. The van der Waals surface area contributed by atoms with Crippen molar-refractivity contribution in [1.29, 1.82) is 0 Å². The summed E-state index contributed by atoms with van der Waals surface area (Å²) in [6.45, 7) is 1.92. The highest BCUT2D eigenvalue weighted by Crippen LogP contribution is 2.49. The van der Waals surface area contributed by atoms with Crippen LogP contribution in [0.2, 0.25) is 0 Å². The molecule has 5 aromatic rings. The first kappa shape index (κ1) is 24.0. The standard InChI is InChI=1S/C26H22F4N8/c1-2-19(16-3-4-21(33-12-16)26(28,29)30)37-14-18(13-34-37)17-9-20(38-23(11-17)35-24(31)36-38)15-5-8-32-22(10-15)25(27)6-7-25/h3-5,8-14,19H,2,6-7H2,1H3,(H2,31,36). The van der Waals surface area contributed by atoms with Crippen LogP contribution >= 0.6 is 0 Å². The number of nitrogens with zero attached hydrogens (tertiary/aromatic N) is 7. The molecule has 1 fully saturated rings. The van der Waals surface area contributed by atoms with Gasteiger partial charge in [0.1, 0.15) is 5.69 Å². The fourth-order valence-corrected chi connectivity index (χ4v) is 4.58. The van der Waals surface area contributed by atoms with Crippen molar-refractivity contribution in [3.63, 3.8) is 0 Å². The van der Waals surface area contributed by atoms with Gasteiger partial charge in [0.2, 0.25) is 5.95 Å². The molecule has 1 aliphatic carbocycles. The lowest BCUT2D eigenvalue weighted by Gasteiger charge is -2.16. The van der Waals surface area contributed by atoms with E-state index in [1.54, 1.807) is 33.7 Å². The Labute approximate surface area is 214 Å². The third-order valence-electron chi connectivity index (χ3n) is 6.76. The van der Waals surface area contributed by atoms with Crippen molar-refractivity contribution in [2.24, 2.45) is 0 Å². The molecule has 0 aromatic carbocycles. The summed E-state index contributed by atoms with van der Waals surface area (Å²) in [4.78, 5) is 12.1. The van der Waals surface area contributed by atoms with Crippen molar-refractivity contribution in [3.8, 4) is 22.4 Å². The summed E-state index contributed by atoms with van der Waals surface area (Å²) in [5.41, 5.74) is 7.95. The van der Waals surface area contributed by atoms with Crippen LogP contribution in [0, 0.1) is 0 Å². The van der Waals surface area contributed by atoms with Gasteiger partial charge < -0.3 is 5.73 Å². The highest BCUT2D eigenvalue weighted by Gasteiger charge is 2.46. The molecule has 0 radical (unpaired) electrons. The van der Waals surface area contributed by atoms with Gasteiger partial charge in [0.05, 0.1) is 23.6 Å². The van der Waals surface area contributed by atoms with Crippen molar-refractivity contribution < 1.29 is 17.6 Å². The molecular formula is C26H22F4N8. The first-order chi connectivity index (χ1) is 18.1. The van der Waals surface area contributed by atoms with E-state index in [-0.39, 0.29) is 12.0 Å². The maximum absolute atomic E-state index is 14.7. The van der Waals surface area contributed by atoms with Crippen LogP contribution in [0.4, 0.5) is 23.5 Å². The van der Waals surface area contributed by atoms with Gasteiger partial charge in [0.25, 0.3) is 0 Å². The Hall–Kier alpha value is -4.35. The zero-order valence-corrected chi connectivity index (χ0v) is 20.2. The van der Waals surface area contributed by atoms with Crippen molar-refractivity contribution >= 4 is 11.6 Å². The van der Waals surface area contributed by atoms with E-state index in [1.165, 1.54) is 12.3 Å². The van der Waals surface area contributed by atoms with Gasteiger partial charge in [-0.15, -0.1) is 5.10 Å². The lowest BCUT2D eigenvalue weighted by molar-refractivity contribution is -0.141. The molecule has 1 atom stereocenters. The fourth-order valence-electron chi connectivity index (χ4n) is 4.58. The molecule has 0 bridgehead atoms. The zero-order chi connectivity index (χ0) is 26.7. The third-order valence-corrected chi connectivity index (χ3v) is 6.76. The minimum atomic E-state index is -4.50. The number of fused-ring (bicyclic) bond motifs is 1. The molecular weight excluding hydrogens is 500 g/mol. The molecule has 12 heteroatoms. The number of anilines is 1. The number of hydrogen-bond acceptors (Lipinski definition) is 6. The molecule has 0 amide bonds. The normalized spacial score (nSPS) is 15.6. The van der Waals surface area contributed by atoms with E-state index < -0.39 is 17.5 Å². The predicted molar refractivity (Wildman–Crippen MR) is 132 cm³/mol. The molecule has 6 rings (SSSR count). The van der Waals surface area contributed by atoms with Crippen LogP contribution in [0.3, 0.4) is 0 Å². The number of nitrogens with two attached hydrogens (primary N) is 1. The summed E-state index contributed by atoms with van der Waals surface area (Å²) in [6, 6.07) is 9.29. The highest BCUT2D eigenvalue weighted by molar-refractivity contribution is 5.75. The maximum Gasteiger partial charge on any atom is 0.433 e. The molecule has 194 valence electrons. The summed E-state index contributed by atoms with van der Waals surface area (Å²) >= 11 is 0. The first-order valence-corrected chi connectivity index (χ1v) is 12.0. The summed E-state index contributed by atoms with van der Waals surface area (Å²) in [6.07, 6.45) is 3.28. The molecule has 1 aliphatic rings. The maximum atomic E-state index is 14.7. The molecule has 8 nitrogen and oxygen atoms in total. The van der Waals surface area contributed by atoms with Gasteiger partial charge >= 0.3 is 6.18 Å². The van der Waals surface area contributed by atoms with Crippen molar-refractivity contribution in [1.82, 2.24) is 34.3 Å². The van der Waals surface area contributed by atoms with Crippen LogP contribution in [-0.2, 0) is 11.8 Å². The number of alkyl halides is 4. The molecule has 5 aromatic heterocycles. The fraction of sp³-hybridized carbons (Fsp3) is 0.269. The summed E-state index contributed by atoms with van der Waals surface area (Å²) in [5.74, 6) is 0.0957. The van der Waals surface area contributed by atoms with Gasteiger partial charge in [-0.2, -0.15) is 23.3 Å². The van der Waals surface area contributed by atoms with E-state index in [9.17, 15) is 17.6 Å². The molecule has 38 heavy (non-hydrogen) atoms. The molecule has 1 saturated carbocycles. The van der Waals surface area contributed by atoms with E-state index in [1.807, 2.05) is 25.3 Å². The van der Waals surface area contributed by atoms with Gasteiger partial charge in [-0.1, -0.05) is 13.0 Å². The van der Waals surface area contributed by atoms with E-state index in [0.29, 0.717) is 47.4 Å². The van der Waals surface area contributed by atoms with E-state index in [0.717, 1.165) is 17.2 Å². The van der Waals surface area contributed by atoms with E-state index in [4.69, 9.17) is 5.73 Å². The largest absolute Gasteiger partial charge is 0.433 e. The summed E-state index contributed by atoms with van der Waals surface area (Å²) in [5, 5.41) is 8.80. The Bertz CT molecular complexity index is 1630. The molecule has 0 spiro atoms. The Morgan fingerprint density at radius 2 is 1.84 bits per heavy atom. The number of aromatic nitrogens is 7. The van der Waals surface area contributed by atoms with Crippen LogP contribution in [0.5, 0.6) is 0 Å². The Balaban J connectivity index is 1.39. The smallest absolute Gasteiger partial charge is 0.366 e. The third kappa shape index (κ3) is 4.25. The Morgan fingerprint density at radius 1 is 1.03 bits per heavy atom. The lowest BCUT2D eigenvalue weighted by atomic mass is 10.0. The van der Waals surface area contributed by atoms with Crippen LogP contribution in [0.1, 0.15) is 49.2 Å². The number of pyridine rings is 3.